The summed E-state index contributed by atoms with van der Waals surface area (Å²) in [6, 6.07) is 0. The van der Waals surface area contributed by atoms with Crippen molar-refractivity contribution in [2.75, 3.05) is 20.2 Å². The van der Waals surface area contributed by atoms with Crippen molar-refractivity contribution >= 4 is 11.9 Å². The number of esters is 2. The van der Waals surface area contributed by atoms with E-state index in [1.165, 1.54) is 0 Å². The number of aliphatic hydroxyl groups is 3. The minimum absolute atomic E-state index is 0.0403. The fourth-order valence-electron chi connectivity index (χ4n) is 1.39. The molecule has 0 aromatic heterocycles. The number of hydrogen-bond acceptors (Lipinski definition) is 8. The van der Waals surface area contributed by atoms with E-state index < -0.39 is 43.0 Å². The third kappa shape index (κ3) is 7.06. The van der Waals surface area contributed by atoms with Crippen LogP contribution in [-0.4, -0.2) is 71.9 Å². The Morgan fingerprint density at radius 1 is 1.11 bits per heavy atom. The van der Waals surface area contributed by atoms with Crippen LogP contribution in [0, 0.1) is 0 Å². The van der Waals surface area contributed by atoms with E-state index in [4.69, 9.17) is 4.74 Å². The van der Waals surface area contributed by atoms with Crippen molar-refractivity contribution in [1.29, 1.82) is 0 Å². The minimum Gasteiger partial charge on any atom is -0.462 e. The van der Waals surface area contributed by atoms with Crippen LogP contribution in [0.3, 0.4) is 0 Å². The molecule has 8 nitrogen and oxygen atoms in total. The van der Waals surface area contributed by atoms with Crippen LogP contribution < -0.4 is 5.32 Å². The Morgan fingerprint density at radius 3 is 2.11 bits per heavy atom. The summed E-state index contributed by atoms with van der Waals surface area (Å²) in [5.41, 5.74) is 0. The van der Waals surface area contributed by atoms with Crippen LogP contribution in [0.1, 0.15) is 13.8 Å². The summed E-state index contributed by atoms with van der Waals surface area (Å²) in [6.07, 6.45) is -5.63. The van der Waals surface area contributed by atoms with Gasteiger partial charge in [0.2, 0.25) is 0 Å². The van der Waals surface area contributed by atoms with Gasteiger partial charge in [-0.25, -0.2) is 0 Å². The van der Waals surface area contributed by atoms with Crippen LogP contribution in [0.2, 0.25) is 0 Å². The molecule has 4 atom stereocenters. The van der Waals surface area contributed by atoms with Gasteiger partial charge in [0.15, 0.2) is 6.10 Å². The van der Waals surface area contributed by atoms with E-state index in [1.54, 1.807) is 7.05 Å². The molecule has 0 rings (SSSR count). The minimum atomic E-state index is -1.58. The Kier molecular flexibility index (Phi) is 8.24. The molecule has 0 spiro atoms. The van der Waals surface area contributed by atoms with Gasteiger partial charge in [-0.05, 0) is 7.05 Å². The van der Waals surface area contributed by atoms with Crippen molar-refractivity contribution in [1.82, 2.24) is 5.32 Å². The Bertz CT molecular complexity index is 297. The van der Waals surface area contributed by atoms with E-state index in [9.17, 15) is 24.9 Å². The lowest BCUT2D eigenvalue weighted by Crippen LogP contribution is -2.50. The number of aliphatic hydroxyl groups excluding tert-OH is 3. The Labute approximate surface area is 111 Å². The lowest BCUT2D eigenvalue weighted by Gasteiger charge is -2.28. The molecule has 0 aliphatic rings. The molecule has 0 unspecified atom stereocenters. The maximum absolute atomic E-state index is 10.9. The maximum Gasteiger partial charge on any atom is 0.303 e. The number of hydrogen-bond donors (Lipinski definition) is 4. The smallest absolute Gasteiger partial charge is 0.303 e. The molecule has 0 heterocycles. The number of carbonyl (C=O) groups excluding carboxylic acids is 2. The van der Waals surface area contributed by atoms with Crippen LogP contribution >= 0.6 is 0 Å². The van der Waals surface area contributed by atoms with E-state index in [0.717, 1.165) is 13.8 Å². The average molecular weight is 279 g/mol. The van der Waals surface area contributed by atoms with Crippen LogP contribution in [0.4, 0.5) is 0 Å². The summed E-state index contributed by atoms with van der Waals surface area (Å²) in [4.78, 5) is 21.6. The monoisotopic (exact) mass is 279 g/mol. The van der Waals surface area contributed by atoms with Crippen LogP contribution in [0.5, 0.6) is 0 Å². The molecule has 112 valence electrons. The first-order valence-corrected chi connectivity index (χ1v) is 5.79. The topological polar surface area (TPSA) is 125 Å². The molecule has 0 aromatic carbocycles. The normalized spacial score (nSPS) is 17.2. The molecule has 0 radical (unpaired) electrons. The summed E-state index contributed by atoms with van der Waals surface area (Å²) in [7, 11) is 1.56. The molecule has 0 aliphatic carbocycles. The molecule has 0 aliphatic heterocycles. The van der Waals surface area contributed by atoms with E-state index in [0.29, 0.717) is 0 Å². The highest BCUT2D eigenvalue weighted by molar-refractivity contribution is 5.67. The molecule has 0 saturated carbocycles. The van der Waals surface area contributed by atoms with Gasteiger partial charge in [0.25, 0.3) is 0 Å². The lowest BCUT2D eigenvalue weighted by atomic mass is 10.0. The molecule has 19 heavy (non-hydrogen) atoms. The molecule has 0 fully saturated rings. The zero-order valence-electron chi connectivity index (χ0n) is 11.2. The van der Waals surface area contributed by atoms with Gasteiger partial charge in [0.1, 0.15) is 18.8 Å². The summed E-state index contributed by atoms with van der Waals surface area (Å²) in [6.45, 7) is 1.91. The summed E-state index contributed by atoms with van der Waals surface area (Å²) in [5, 5.41) is 31.7. The fraction of sp³-hybridized carbons (Fsp3) is 0.818. The van der Waals surface area contributed by atoms with Crippen LogP contribution in [-0.2, 0) is 19.1 Å². The highest BCUT2D eigenvalue weighted by Gasteiger charge is 2.33. The Morgan fingerprint density at radius 2 is 1.68 bits per heavy atom. The summed E-state index contributed by atoms with van der Waals surface area (Å²) >= 11 is 0. The second kappa shape index (κ2) is 8.81. The zero-order chi connectivity index (χ0) is 15.0. The van der Waals surface area contributed by atoms with Crippen molar-refractivity contribution in [3.8, 4) is 0 Å². The molecule has 0 saturated heterocycles. The fourth-order valence-corrected chi connectivity index (χ4v) is 1.39. The first-order chi connectivity index (χ1) is 8.79. The number of carbonyl (C=O) groups is 2. The second-order valence-corrected chi connectivity index (χ2v) is 4.06. The van der Waals surface area contributed by atoms with Gasteiger partial charge in [0, 0.05) is 20.4 Å². The third-order valence-corrected chi connectivity index (χ3v) is 2.31. The van der Waals surface area contributed by atoms with Gasteiger partial charge in [-0.2, -0.15) is 0 Å². The molecule has 0 bridgehead atoms. The van der Waals surface area contributed by atoms with E-state index in [2.05, 4.69) is 10.1 Å². The molecule has 4 N–H and O–H groups in total. The quantitative estimate of drug-likeness (QED) is 0.368. The van der Waals surface area contributed by atoms with Gasteiger partial charge in [0.05, 0.1) is 6.10 Å². The van der Waals surface area contributed by atoms with Gasteiger partial charge >= 0.3 is 11.9 Å². The lowest BCUT2D eigenvalue weighted by molar-refractivity contribution is -0.173. The van der Waals surface area contributed by atoms with Gasteiger partial charge < -0.3 is 30.1 Å². The Hall–Kier alpha value is -1.22. The first kappa shape index (κ1) is 17.8. The van der Waals surface area contributed by atoms with E-state index in [-0.39, 0.29) is 6.54 Å². The SMILES string of the molecule is CNC[C@H](O)[C@@H](O)[C@H](O)[C@@H](COC(C)=O)OC(C)=O. The van der Waals surface area contributed by atoms with Gasteiger partial charge in [-0.1, -0.05) is 0 Å². The number of likely N-dealkylation sites (N-methyl/N-ethyl adjacent to an activating group) is 1. The number of rotatable bonds is 8. The second-order valence-electron chi connectivity index (χ2n) is 4.06. The van der Waals surface area contributed by atoms with E-state index >= 15 is 0 Å². The van der Waals surface area contributed by atoms with Crippen molar-refractivity contribution in [2.45, 2.75) is 38.3 Å². The summed E-state index contributed by atoms with van der Waals surface area (Å²) < 4.78 is 9.39. The van der Waals surface area contributed by atoms with Crippen molar-refractivity contribution in [3.63, 3.8) is 0 Å². The predicted octanol–water partition coefficient (Wildman–Crippen LogP) is -2.22. The van der Waals surface area contributed by atoms with Gasteiger partial charge in [-0.15, -0.1) is 0 Å². The van der Waals surface area contributed by atoms with E-state index in [1.807, 2.05) is 0 Å². The molecular formula is C11H21NO7. The Balaban J connectivity index is 4.62. The zero-order valence-corrected chi connectivity index (χ0v) is 11.2. The third-order valence-electron chi connectivity index (χ3n) is 2.31. The molecule has 0 amide bonds. The molecule has 0 aromatic rings. The van der Waals surface area contributed by atoms with Crippen molar-refractivity contribution in [3.05, 3.63) is 0 Å². The molecular weight excluding hydrogens is 258 g/mol. The standard InChI is InChI=1S/C11H21NO7/c1-6(13)18-5-9(19-7(2)14)11(17)10(16)8(15)4-12-3/h8-12,15-17H,4-5H2,1-3H3/t8-,9+,10+,11+/m0/s1. The van der Waals surface area contributed by atoms with Crippen LogP contribution in [0.25, 0.3) is 0 Å². The number of ether oxygens (including phenoxy) is 2. The largest absolute Gasteiger partial charge is 0.462 e. The van der Waals surface area contributed by atoms with Crippen molar-refractivity contribution in [2.24, 2.45) is 0 Å². The predicted molar refractivity (Wildman–Crippen MR) is 64.1 cm³/mol. The number of nitrogens with one attached hydrogen (secondary N) is 1. The maximum atomic E-state index is 10.9. The summed E-state index contributed by atoms with van der Waals surface area (Å²) in [5.74, 6) is -1.32. The molecule has 8 heteroatoms. The van der Waals surface area contributed by atoms with Crippen LogP contribution in [0.15, 0.2) is 0 Å². The highest BCUT2D eigenvalue weighted by Crippen LogP contribution is 2.09. The van der Waals surface area contributed by atoms with Gasteiger partial charge in [-0.3, -0.25) is 9.59 Å². The van der Waals surface area contributed by atoms with Crippen molar-refractivity contribution < 1.29 is 34.4 Å². The average Bonchev–Trinajstić information content (AvgIpc) is 2.32. The first-order valence-electron chi connectivity index (χ1n) is 5.79. The highest BCUT2D eigenvalue weighted by atomic mass is 16.6.